The van der Waals surface area contributed by atoms with Gasteiger partial charge in [-0.05, 0) is 36.4 Å². The molecular weight excluding hydrogens is 262 g/mol. The second kappa shape index (κ2) is 5.39. The molecular formula is C13H9Cl2FO. The first-order valence-corrected chi connectivity index (χ1v) is 5.73. The second-order valence-corrected chi connectivity index (χ2v) is 4.29. The highest BCUT2D eigenvalue weighted by Crippen LogP contribution is 2.22. The molecule has 0 N–H and O–H groups in total. The van der Waals surface area contributed by atoms with Gasteiger partial charge in [0.25, 0.3) is 0 Å². The zero-order chi connectivity index (χ0) is 12.3. The van der Waals surface area contributed by atoms with Gasteiger partial charge < -0.3 is 4.74 Å². The van der Waals surface area contributed by atoms with Gasteiger partial charge in [0.05, 0.1) is 5.02 Å². The normalized spacial score (nSPS) is 10.3. The smallest absolute Gasteiger partial charge is 0.131 e. The molecule has 17 heavy (non-hydrogen) atoms. The van der Waals surface area contributed by atoms with E-state index in [4.69, 9.17) is 27.9 Å². The number of hydrogen-bond acceptors (Lipinski definition) is 1. The lowest BCUT2D eigenvalue weighted by Gasteiger charge is -2.08. The van der Waals surface area contributed by atoms with E-state index in [1.54, 1.807) is 36.4 Å². The fraction of sp³-hybridized carbons (Fsp3) is 0.0769. The summed E-state index contributed by atoms with van der Waals surface area (Å²) in [5.74, 6) is 0.250. The van der Waals surface area contributed by atoms with Crippen LogP contribution in [0.15, 0.2) is 42.5 Å². The largest absolute Gasteiger partial charge is 0.489 e. The number of hydrogen-bond donors (Lipinski definition) is 0. The van der Waals surface area contributed by atoms with Crippen LogP contribution in [0.1, 0.15) is 5.56 Å². The first-order valence-electron chi connectivity index (χ1n) is 4.98. The summed E-state index contributed by atoms with van der Waals surface area (Å²) in [4.78, 5) is 0. The second-order valence-electron chi connectivity index (χ2n) is 3.44. The minimum atomic E-state index is -0.369. The third-order valence-electron chi connectivity index (χ3n) is 2.26. The van der Waals surface area contributed by atoms with Crippen molar-refractivity contribution in [1.82, 2.24) is 0 Å². The molecule has 1 nitrogen and oxygen atoms in total. The molecule has 88 valence electrons. The molecule has 4 heteroatoms. The Morgan fingerprint density at radius 1 is 1.00 bits per heavy atom. The van der Waals surface area contributed by atoms with Crippen LogP contribution in [-0.2, 0) is 6.61 Å². The van der Waals surface area contributed by atoms with Crippen LogP contribution >= 0.6 is 23.2 Å². The van der Waals surface area contributed by atoms with Crippen molar-refractivity contribution in [3.63, 3.8) is 0 Å². The van der Waals surface area contributed by atoms with Crippen molar-refractivity contribution in [2.45, 2.75) is 6.61 Å². The molecule has 0 aliphatic heterocycles. The van der Waals surface area contributed by atoms with Gasteiger partial charge >= 0.3 is 0 Å². The fourth-order valence-corrected chi connectivity index (χ4v) is 1.70. The van der Waals surface area contributed by atoms with Crippen molar-refractivity contribution in [1.29, 1.82) is 0 Å². The monoisotopic (exact) mass is 270 g/mol. The van der Waals surface area contributed by atoms with E-state index in [2.05, 4.69) is 0 Å². The average Bonchev–Trinajstić information content (AvgIpc) is 2.31. The van der Waals surface area contributed by atoms with E-state index >= 15 is 0 Å². The summed E-state index contributed by atoms with van der Waals surface area (Å²) in [5.41, 5.74) is 0.351. The van der Waals surface area contributed by atoms with Gasteiger partial charge in [-0.2, -0.15) is 0 Å². The summed E-state index contributed by atoms with van der Waals surface area (Å²) >= 11 is 11.6. The third-order valence-corrected chi connectivity index (χ3v) is 2.86. The first-order chi connectivity index (χ1) is 8.16. The molecule has 2 aromatic rings. The Balaban J connectivity index is 2.10. The van der Waals surface area contributed by atoms with E-state index in [-0.39, 0.29) is 12.4 Å². The van der Waals surface area contributed by atoms with Crippen molar-refractivity contribution >= 4 is 23.2 Å². The number of ether oxygens (including phenoxy) is 1. The van der Waals surface area contributed by atoms with E-state index in [1.165, 1.54) is 6.07 Å². The first kappa shape index (κ1) is 12.2. The summed E-state index contributed by atoms with van der Waals surface area (Å²) in [7, 11) is 0. The van der Waals surface area contributed by atoms with Crippen molar-refractivity contribution < 1.29 is 9.13 Å². The van der Waals surface area contributed by atoms with Crippen LogP contribution in [0.4, 0.5) is 4.39 Å². The lowest BCUT2D eigenvalue weighted by Crippen LogP contribution is -1.99. The number of benzene rings is 2. The van der Waals surface area contributed by atoms with Crippen LogP contribution in [-0.4, -0.2) is 0 Å². The summed E-state index contributed by atoms with van der Waals surface area (Å²) in [6.45, 7) is 0.0904. The Bertz CT molecular complexity index is 491. The van der Waals surface area contributed by atoms with Crippen molar-refractivity contribution in [2.24, 2.45) is 0 Å². The van der Waals surface area contributed by atoms with Gasteiger partial charge in [0.15, 0.2) is 0 Å². The molecule has 0 heterocycles. The highest BCUT2D eigenvalue weighted by atomic mass is 35.5. The maximum absolute atomic E-state index is 13.4. The maximum Gasteiger partial charge on any atom is 0.131 e. The summed E-state index contributed by atoms with van der Waals surface area (Å²) in [6.07, 6.45) is 0. The van der Waals surface area contributed by atoms with Crippen molar-refractivity contribution in [2.75, 3.05) is 0 Å². The van der Waals surface area contributed by atoms with Crippen molar-refractivity contribution in [3.8, 4) is 5.75 Å². The Hall–Kier alpha value is -1.25. The summed E-state index contributed by atoms with van der Waals surface area (Å²) < 4.78 is 18.9. The van der Waals surface area contributed by atoms with Gasteiger partial charge in [-0.15, -0.1) is 0 Å². The molecule has 2 rings (SSSR count). The lowest BCUT2D eigenvalue weighted by atomic mass is 10.2. The lowest BCUT2D eigenvalue weighted by molar-refractivity contribution is 0.300. The molecule has 0 spiro atoms. The average molecular weight is 271 g/mol. The van der Waals surface area contributed by atoms with Crippen LogP contribution in [0.2, 0.25) is 10.0 Å². The van der Waals surface area contributed by atoms with Gasteiger partial charge in [0.1, 0.15) is 18.2 Å². The Morgan fingerprint density at radius 2 is 1.71 bits per heavy atom. The van der Waals surface area contributed by atoms with Gasteiger partial charge in [0, 0.05) is 10.6 Å². The van der Waals surface area contributed by atoms with E-state index < -0.39 is 0 Å². The molecule has 0 aromatic heterocycles. The zero-order valence-electron chi connectivity index (χ0n) is 8.79. The van der Waals surface area contributed by atoms with Crippen molar-refractivity contribution in [3.05, 3.63) is 63.9 Å². The summed E-state index contributed by atoms with van der Waals surface area (Å²) in [6, 6.07) is 11.4. The van der Waals surface area contributed by atoms with Crippen LogP contribution in [0.5, 0.6) is 5.75 Å². The number of halogens is 3. The molecule has 0 bridgehead atoms. The highest BCUT2D eigenvalue weighted by Gasteiger charge is 2.07. The van der Waals surface area contributed by atoms with E-state index in [0.29, 0.717) is 21.4 Å². The molecule has 0 aliphatic carbocycles. The minimum Gasteiger partial charge on any atom is -0.489 e. The van der Waals surface area contributed by atoms with Gasteiger partial charge in [-0.1, -0.05) is 29.3 Å². The Labute approximate surface area is 109 Å². The van der Waals surface area contributed by atoms with Crippen LogP contribution in [0, 0.1) is 5.82 Å². The predicted molar refractivity (Wildman–Crippen MR) is 67.2 cm³/mol. The predicted octanol–water partition coefficient (Wildman–Crippen LogP) is 4.71. The van der Waals surface area contributed by atoms with Crippen LogP contribution in [0.25, 0.3) is 0 Å². The molecule has 0 unspecified atom stereocenters. The molecule has 0 radical (unpaired) electrons. The molecule has 0 saturated carbocycles. The molecule has 0 fully saturated rings. The highest BCUT2D eigenvalue weighted by molar-refractivity contribution is 6.31. The third kappa shape index (κ3) is 3.11. The van der Waals surface area contributed by atoms with Gasteiger partial charge in [0.2, 0.25) is 0 Å². The standard InChI is InChI=1S/C13H9Cl2FO/c14-9-4-6-10(7-5-9)17-8-11-12(15)2-1-3-13(11)16/h1-7H,8H2. The Morgan fingerprint density at radius 3 is 2.35 bits per heavy atom. The van der Waals surface area contributed by atoms with Gasteiger partial charge in [-0.25, -0.2) is 4.39 Å². The topological polar surface area (TPSA) is 9.23 Å². The number of rotatable bonds is 3. The SMILES string of the molecule is Fc1cccc(Cl)c1COc1ccc(Cl)cc1. The van der Waals surface area contributed by atoms with E-state index in [1.807, 2.05) is 0 Å². The zero-order valence-corrected chi connectivity index (χ0v) is 10.3. The molecule has 0 aliphatic rings. The van der Waals surface area contributed by atoms with Crippen LogP contribution < -0.4 is 4.74 Å². The quantitative estimate of drug-likeness (QED) is 0.785. The maximum atomic E-state index is 13.4. The molecule has 0 atom stereocenters. The van der Waals surface area contributed by atoms with E-state index in [0.717, 1.165) is 0 Å². The van der Waals surface area contributed by atoms with Crippen LogP contribution in [0.3, 0.4) is 0 Å². The molecule has 2 aromatic carbocycles. The van der Waals surface area contributed by atoms with Gasteiger partial charge in [-0.3, -0.25) is 0 Å². The summed E-state index contributed by atoms with van der Waals surface area (Å²) in [5, 5.41) is 0.986. The molecule has 0 saturated heterocycles. The molecule has 0 amide bonds. The van der Waals surface area contributed by atoms with E-state index in [9.17, 15) is 4.39 Å². The fourth-order valence-electron chi connectivity index (χ4n) is 1.36. The Kier molecular flexibility index (Phi) is 3.87. The minimum absolute atomic E-state index is 0.0904.